The Labute approximate surface area is 92.5 Å². The minimum atomic E-state index is -0.959. The van der Waals surface area contributed by atoms with E-state index >= 15 is 0 Å². The average molecular weight is 224 g/mol. The summed E-state index contributed by atoms with van der Waals surface area (Å²) in [5, 5.41) is 9.47. The fourth-order valence-corrected chi connectivity index (χ4v) is 0.925. The number of hydrogen-bond donors (Lipinski definition) is 2. The molecule has 1 rings (SSSR count). The zero-order chi connectivity index (χ0) is 12.1. The quantitative estimate of drug-likeness (QED) is 0.441. The smallest absolute Gasteiger partial charge is 0.339 e. The van der Waals surface area contributed by atoms with Crippen molar-refractivity contribution < 1.29 is 19.2 Å². The van der Waals surface area contributed by atoms with Gasteiger partial charge in [-0.1, -0.05) is 5.92 Å². The van der Waals surface area contributed by atoms with Crippen molar-refractivity contribution in [1.29, 1.82) is 0 Å². The second-order valence-corrected chi connectivity index (χ2v) is 2.95. The van der Waals surface area contributed by atoms with E-state index < -0.39 is 12.1 Å². The summed E-state index contributed by atoms with van der Waals surface area (Å²) < 4.78 is 9.93. The lowest BCUT2D eigenvalue weighted by Crippen LogP contribution is -2.38. The molecule has 3 N–H and O–H groups in total. The van der Waals surface area contributed by atoms with Crippen LogP contribution >= 0.6 is 0 Å². The monoisotopic (exact) mass is 224 g/mol. The summed E-state index contributed by atoms with van der Waals surface area (Å²) in [4.78, 5) is 10.6. The first-order valence-electron chi connectivity index (χ1n) is 4.47. The molecule has 0 bridgehead atoms. The summed E-state index contributed by atoms with van der Waals surface area (Å²) in [6.07, 6.45) is 0. The molecule has 6 nitrogen and oxygen atoms in total. The second kappa shape index (κ2) is 5.09. The predicted molar refractivity (Wildman–Crippen MR) is 54.8 cm³/mol. The van der Waals surface area contributed by atoms with Gasteiger partial charge < -0.3 is 14.9 Å². The van der Waals surface area contributed by atoms with Gasteiger partial charge in [0.25, 0.3) is 5.95 Å². The minimum Gasteiger partial charge on any atom is -0.468 e. The van der Waals surface area contributed by atoms with Crippen LogP contribution in [-0.2, 0) is 0 Å². The highest BCUT2D eigenvalue weighted by atomic mass is 16.6. The normalized spacial score (nSPS) is 11.2. The lowest BCUT2D eigenvalue weighted by molar-refractivity contribution is -0.0536. The number of urea groups is 1. The fourth-order valence-electron chi connectivity index (χ4n) is 0.925. The first kappa shape index (κ1) is 11.9. The Kier molecular flexibility index (Phi) is 3.80. The first-order valence-corrected chi connectivity index (χ1v) is 4.47. The number of amides is 2. The molecule has 1 unspecified atom stereocenters. The lowest BCUT2D eigenvalue weighted by atomic mass is 10.3. The number of carbonyl (C=O) groups is 1. The molecule has 0 aromatic carbocycles. The zero-order valence-corrected chi connectivity index (χ0v) is 8.93. The molecule has 16 heavy (non-hydrogen) atoms. The summed E-state index contributed by atoms with van der Waals surface area (Å²) in [5.74, 6) is 5.94. The van der Waals surface area contributed by atoms with Crippen LogP contribution in [0.5, 0.6) is 5.95 Å². The summed E-state index contributed by atoms with van der Waals surface area (Å²) in [7, 11) is 1.47. The molecule has 0 saturated heterocycles. The number of rotatable bonds is 2. The van der Waals surface area contributed by atoms with E-state index in [2.05, 4.69) is 11.8 Å². The maximum absolute atomic E-state index is 10.6. The molecule has 0 aliphatic rings. The molecule has 0 spiro atoms. The van der Waals surface area contributed by atoms with Gasteiger partial charge in [-0.2, -0.15) is 5.06 Å². The average Bonchev–Trinajstić information content (AvgIpc) is 2.72. The van der Waals surface area contributed by atoms with Crippen LogP contribution in [0.25, 0.3) is 0 Å². The highest BCUT2D eigenvalue weighted by Crippen LogP contribution is 2.13. The molecule has 2 amide bonds. The van der Waals surface area contributed by atoms with Gasteiger partial charge >= 0.3 is 6.03 Å². The third-order valence-electron chi connectivity index (χ3n) is 1.78. The molecule has 0 radical (unpaired) electrons. The Morgan fingerprint density at radius 3 is 2.88 bits per heavy atom. The molecular weight excluding hydrogens is 212 g/mol. The van der Waals surface area contributed by atoms with E-state index in [0.29, 0.717) is 16.8 Å². The van der Waals surface area contributed by atoms with Crippen LogP contribution in [0.3, 0.4) is 0 Å². The van der Waals surface area contributed by atoms with Crippen molar-refractivity contribution in [3.63, 3.8) is 0 Å². The topological polar surface area (TPSA) is 88.9 Å². The maximum Gasteiger partial charge on any atom is 0.339 e. The van der Waals surface area contributed by atoms with Crippen LogP contribution in [0.15, 0.2) is 16.5 Å². The molecule has 6 heteroatoms. The fraction of sp³-hybridized carbons (Fsp3) is 0.300. The highest BCUT2D eigenvalue weighted by Gasteiger charge is 2.11. The summed E-state index contributed by atoms with van der Waals surface area (Å²) in [6, 6.07) is 1.55. The van der Waals surface area contributed by atoms with Gasteiger partial charge in [0.1, 0.15) is 6.04 Å². The Balaban J connectivity index is 2.70. The summed E-state index contributed by atoms with van der Waals surface area (Å²) in [6.45, 7) is 1.53. The van der Waals surface area contributed by atoms with Gasteiger partial charge in [0.05, 0.1) is 7.11 Å². The van der Waals surface area contributed by atoms with E-state index in [9.17, 15) is 4.79 Å². The first-order chi connectivity index (χ1) is 7.54. The van der Waals surface area contributed by atoms with E-state index in [0.717, 1.165) is 0 Å². The van der Waals surface area contributed by atoms with Crippen molar-refractivity contribution in [2.75, 3.05) is 7.11 Å². The third kappa shape index (κ3) is 2.93. The molecule has 1 aromatic heterocycles. The van der Waals surface area contributed by atoms with Crippen molar-refractivity contribution in [2.24, 2.45) is 5.73 Å². The van der Waals surface area contributed by atoms with Gasteiger partial charge in [0, 0.05) is 6.07 Å². The number of hydroxylamine groups is 2. The van der Waals surface area contributed by atoms with Crippen molar-refractivity contribution in [2.45, 2.75) is 13.0 Å². The Hall–Kier alpha value is -2.13. The maximum atomic E-state index is 10.6. The van der Waals surface area contributed by atoms with Gasteiger partial charge in [-0.3, -0.25) is 5.21 Å². The predicted octanol–water partition coefficient (Wildman–Crippen LogP) is 0.798. The number of nitrogens with zero attached hydrogens (tertiary/aromatic N) is 1. The number of carbonyl (C=O) groups excluding carboxylic acids is 1. The Morgan fingerprint density at radius 1 is 1.69 bits per heavy atom. The van der Waals surface area contributed by atoms with Crippen LogP contribution in [-0.4, -0.2) is 29.5 Å². The second-order valence-electron chi connectivity index (χ2n) is 2.95. The number of primary amides is 1. The van der Waals surface area contributed by atoms with Crippen molar-refractivity contribution in [1.82, 2.24) is 5.06 Å². The highest BCUT2D eigenvalue weighted by molar-refractivity contribution is 5.71. The number of methoxy groups -OCH3 is 1. The van der Waals surface area contributed by atoms with Gasteiger partial charge in [0.15, 0.2) is 5.76 Å². The van der Waals surface area contributed by atoms with Crippen LogP contribution in [0.1, 0.15) is 12.7 Å². The van der Waals surface area contributed by atoms with E-state index in [1.807, 2.05) is 0 Å². The van der Waals surface area contributed by atoms with E-state index in [-0.39, 0.29) is 0 Å². The van der Waals surface area contributed by atoms with E-state index in [4.69, 9.17) is 20.1 Å². The number of ether oxygens (including phenoxy) is 1. The minimum absolute atomic E-state index is 0.340. The Bertz CT molecular complexity index is 430. The van der Waals surface area contributed by atoms with Gasteiger partial charge in [-0.05, 0) is 18.9 Å². The van der Waals surface area contributed by atoms with Gasteiger partial charge in [0.2, 0.25) is 0 Å². The number of nitrogens with two attached hydrogens (primary N) is 1. The largest absolute Gasteiger partial charge is 0.468 e. The van der Waals surface area contributed by atoms with E-state index in [1.54, 1.807) is 12.1 Å². The molecule has 1 atom stereocenters. The zero-order valence-electron chi connectivity index (χ0n) is 8.93. The SMILES string of the molecule is COc1ccc(C#CC(C)N(O)C(N)=O)o1. The molecular formula is C10H12N2O4. The lowest BCUT2D eigenvalue weighted by Gasteiger charge is -2.14. The molecule has 1 heterocycles. The van der Waals surface area contributed by atoms with Crippen molar-refractivity contribution in [3.8, 4) is 17.8 Å². The molecule has 0 saturated carbocycles. The van der Waals surface area contributed by atoms with Crippen LogP contribution in [0.2, 0.25) is 0 Å². The summed E-state index contributed by atoms with van der Waals surface area (Å²) >= 11 is 0. The van der Waals surface area contributed by atoms with Gasteiger partial charge in [-0.15, -0.1) is 0 Å². The van der Waals surface area contributed by atoms with Crippen LogP contribution in [0.4, 0.5) is 4.79 Å². The van der Waals surface area contributed by atoms with Crippen LogP contribution < -0.4 is 10.5 Å². The molecule has 86 valence electrons. The van der Waals surface area contributed by atoms with Gasteiger partial charge in [-0.25, -0.2) is 4.79 Å². The molecule has 1 aromatic rings. The number of furan rings is 1. The molecule has 0 aliphatic carbocycles. The van der Waals surface area contributed by atoms with Crippen molar-refractivity contribution >= 4 is 6.03 Å². The number of hydrogen-bond acceptors (Lipinski definition) is 4. The third-order valence-corrected chi connectivity index (χ3v) is 1.78. The van der Waals surface area contributed by atoms with E-state index in [1.165, 1.54) is 14.0 Å². The molecule has 0 aliphatic heterocycles. The summed E-state index contributed by atoms with van der Waals surface area (Å²) in [5.41, 5.74) is 4.86. The van der Waals surface area contributed by atoms with Crippen LogP contribution in [0, 0.1) is 11.8 Å². The standard InChI is InChI=1S/C10H12N2O4/c1-7(12(14)10(11)13)3-4-8-5-6-9(15-2)16-8/h5-7,14H,1-2H3,(H2,11,13). The Morgan fingerprint density at radius 2 is 2.38 bits per heavy atom. The molecule has 0 fully saturated rings. The van der Waals surface area contributed by atoms with Crippen molar-refractivity contribution in [3.05, 3.63) is 17.9 Å².